The first-order valence-corrected chi connectivity index (χ1v) is 13.0. The van der Waals surface area contributed by atoms with Gasteiger partial charge in [-0.3, -0.25) is 10.1 Å². The van der Waals surface area contributed by atoms with Crippen LogP contribution in [0, 0.1) is 19.8 Å². The van der Waals surface area contributed by atoms with Gasteiger partial charge in [-0.15, -0.1) is 11.3 Å². The number of hydrogen-bond acceptors (Lipinski definition) is 5. The lowest BCUT2D eigenvalue weighted by Crippen LogP contribution is -2.04. The number of aromatic nitrogens is 5. The molecule has 186 valence electrons. The van der Waals surface area contributed by atoms with Crippen molar-refractivity contribution in [1.29, 1.82) is 0 Å². The fourth-order valence-corrected chi connectivity index (χ4v) is 5.10. The fourth-order valence-electron chi connectivity index (χ4n) is 4.19. The summed E-state index contributed by atoms with van der Waals surface area (Å²) in [5.41, 5.74) is 10.3. The first-order valence-electron chi connectivity index (χ1n) is 12.2. The highest BCUT2D eigenvalue weighted by Gasteiger charge is 2.18. The minimum atomic E-state index is 0.325. The van der Waals surface area contributed by atoms with Crippen LogP contribution in [0.1, 0.15) is 34.9 Å². The van der Waals surface area contributed by atoms with Gasteiger partial charge in [0.1, 0.15) is 11.2 Å². The number of H-pyrrole nitrogens is 2. The molecule has 5 heterocycles. The minimum Gasteiger partial charge on any atom is -0.358 e. The highest BCUT2D eigenvalue weighted by molar-refractivity contribution is 7.13. The quantitative estimate of drug-likeness (QED) is 0.187. The Kier molecular flexibility index (Phi) is 6.63. The van der Waals surface area contributed by atoms with Crippen molar-refractivity contribution in [2.45, 2.75) is 27.7 Å². The molecule has 0 atom stereocenters. The van der Waals surface area contributed by atoms with Crippen LogP contribution >= 0.6 is 11.3 Å². The zero-order chi connectivity index (χ0) is 26.1. The second-order valence-corrected chi connectivity index (χ2v) is 10.7. The molecule has 5 aromatic rings. The molecule has 0 spiro atoms. The molecule has 37 heavy (non-hydrogen) atoms. The van der Waals surface area contributed by atoms with Crippen molar-refractivity contribution in [3.05, 3.63) is 101 Å². The smallest absolute Gasteiger partial charge is 0.135 e. The van der Waals surface area contributed by atoms with E-state index in [0.29, 0.717) is 5.92 Å². The molecular formula is C30H30N6S. The number of nitrogens with one attached hydrogen (secondary N) is 3. The van der Waals surface area contributed by atoms with Gasteiger partial charge in [-0.1, -0.05) is 39.2 Å². The van der Waals surface area contributed by atoms with Crippen LogP contribution < -0.4 is 5.32 Å². The second kappa shape index (κ2) is 10.0. The van der Waals surface area contributed by atoms with E-state index in [9.17, 15) is 0 Å². The number of rotatable bonds is 8. The number of aryl methyl sites for hydroxylation is 2. The van der Waals surface area contributed by atoms with Crippen LogP contribution in [0.3, 0.4) is 0 Å². The van der Waals surface area contributed by atoms with E-state index >= 15 is 0 Å². The number of fused-ring (bicyclic) bond motifs is 1. The Morgan fingerprint density at radius 1 is 1.11 bits per heavy atom. The average Bonchev–Trinajstić information content (AvgIpc) is 3.60. The Hall–Kier alpha value is -4.23. The normalized spacial score (nSPS) is 11.9. The predicted molar refractivity (Wildman–Crippen MR) is 156 cm³/mol. The summed E-state index contributed by atoms with van der Waals surface area (Å²) in [6.45, 7) is 16.4. The van der Waals surface area contributed by atoms with E-state index < -0.39 is 0 Å². The number of hydrogen-bond donors (Lipinski definition) is 3. The van der Waals surface area contributed by atoms with Gasteiger partial charge in [-0.25, -0.2) is 4.98 Å². The molecule has 0 amide bonds. The van der Waals surface area contributed by atoms with E-state index in [4.69, 9.17) is 4.98 Å². The Morgan fingerprint density at radius 3 is 2.68 bits per heavy atom. The second-order valence-electron chi connectivity index (χ2n) is 9.38. The Morgan fingerprint density at radius 2 is 1.95 bits per heavy atom. The minimum absolute atomic E-state index is 0.325. The van der Waals surface area contributed by atoms with Gasteiger partial charge in [-0.2, -0.15) is 5.10 Å². The molecule has 0 saturated carbocycles. The maximum Gasteiger partial charge on any atom is 0.135 e. The van der Waals surface area contributed by atoms with E-state index in [-0.39, 0.29) is 0 Å². The topological polar surface area (TPSA) is 82.3 Å². The summed E-state index contributed by atoms with van der Waals surface area (Å²) in [6, 6.07) is 12.5. The molecule has 5 rings (SSSR count). The third-order valence-electron chi connectivity index (χ3n) is 6.29. The third kappa shape index (κ3) is 4.90. The molecule has 0 saturated heterocycles. The molecule has 3 N–H and O–H groups in total. The molecule has 0 aliphatic heterocycles. The molecule has 0 bridgehead atoms. The lowest BCUT2D eigenvalue weighted by molar-refractivity contribution is 0.778. The summed E-state index contributed by atoms with van der Waals surface area (Å²) in [7, 11) is 0. The summed E-state index contributed by atoms with van der Waals surface area (Å²) in [5, 5.41) is 11.1. The van der Waals surface area contributed by atoms with Gasteiger partial charge in [0, 0.05) is 44.0 Å². The standard InChI is InChI=1S/C30H30N6S/c1-7-8-23(28-12-9-18(4)37-28)24-14-27(33-20(24)6)30-29-26(35-36-30)11-10-25(34-29)21-13-22(16-31-15-21)32-19(5)17(2)3/h7-17,32-33H,1,5H2,2-4,6H3,(H,35,36)/b23-8+. The van der Waals surface area contributed by atoms with Gasteiger partial charge in [0.15, 0.2) is 0 Å². The van der Waals surface area contributed by atoms with Crippen molar-refractivity contribution in [3.8, 4) is 22.6 Å². The van der Waals surface area contributed by atoms with Crippen LogP contribution in [-0.4, -0.2) is 25.1 Å². The molecule has 0 aromatic carbocycles. The van der Waals surface area contributed by atoms with Crippen molar-refractivity contribution >= 4 is 33.6 Å². The number of allylic oxidation sites excluding steroid dienone is 3. The number of pyridine rings is 2. The molecule has 0 radical (unpaired) electrons. The average molecular weight is 507 g/mol. The lowest BCUT2D eigenvalue weighted by atomic mass is 10.0. The van der Waals surface area contributed by atoms with Crippen LogP contribution in [-0.2, 0) is 0 Å². The Balaban J connectivity index is 1.53. The number of nitrogens with zero attached hydrogens (tertiary/aromatic N) is 3. The van der Waals surface area contributed by atoms with Crippen LogP contribution in [0.4, 0.5) is 5.69 Å². The third-order valence-corrected chi connectivity index (χ3v) is 7.33. The summed E-state index contributed by atoms with van der Waals surface area (Å²) in [6.07, 6.45) is 7.52. The maximum atomic E-state index is 4.99. The van der Waals surface area contributed by atoms with E-state index in [0.717, 1.165) is 61.9 Å². The Labute approximate surface area is 220 Å². The molecule has 0 aliphatic rings. The SMILES string of the molecule is C=C/C=C(/c1ccc(C)s1)c1cc(-c2n[nH]c3ccc(-c4cncc(NC(=C)C(C)C)c4)nc23)[nH]c1C. The van der Waals surface area contributed by atoms with Gasteiger partial charge in [0.2, 0.25) is 0 Å². The zero-order valence-electron chi connectivity index (χ0n) is 21.5. The van der Waals surface area contributed by atoms with Crippen molar-refractivity contribution in [2.75, 3.05) is 5.32 Å². The molecule has 6 nitrogen and oxygen atoms in total. The number of anilines is 1. The molecule has 0 fully saturated rings. The van der Waals surface area contributed by atoms with Crippen molar-refractivity contribution in [3.63, 3.8) is 0 Å². The van der Waals surface area contributed by atoms with Crippen LogP contribution in [0.5, 0.6) is 0 Å². The highest BCUT2D eigenvalue weighted by Crippen LogP contribution is 2.35. The van der Waals surface area contributed by atoms with E-state index in [1.165, 1.54) is 9.75 Å². The van der Waals surface area contributed by atoms with Crippen molar-refractivity contribution in [1.82, 2.24) is 25.1 Å². The highest BCUT2D eigenvalue weighted by atomic mass is 32.1. The van der Waals surface area contributed by atoms with E-state index in [1.807, 2.05) is 30.5 Å². The van der Waals surface area contributed by atoms with E-state index in [1.54, 1.807) is 17.5 Å². The largest absolute Gasteiger partial charge is 0.358 e. The summed E-state index contributed by atoms with van der Waals surface area (Å²) < 4.78 is 0. The van der Waals surface area contributed by atoms with Crippen LogP contribution in [0.15, 0.2) is 79.8 Å². The fraction of sp³-hybridized carbons (Fsp3) is 0.167. The lowest BCUT2D eigenvalue weighted by Gasteiger charge is -2.13. The molecule has 0 aliphatic carbocycles. The summed E-state index contributed by atoms with van der Waals surface area (Å²) in [5.74, 6) is 0.325. The predicted octanol–water partition coefficient (Wildman–Crippen LogP) is 7.89. The molecule has 5 aromatic heterocycles. The van der Waals surface area contributed by atoms with Gasteiger partial charge in [-0.05, 0) is 56.2 Å². The van der Waals surface area contributed by atoms with Gasteiger partial charge in [0.25, 0.3) is 0 Å². The molecule has 7 heteroatoms. The zero-order valence-corrected chi connectivity index (χ0v) is 22.3. The van der Waals surface area contributed by atoms with Crippen molar-refractivity contribution in [2.24, 2.45) is 5.92 Å². The van der Waals surface area contributed by atoms with Crippen LogP contribution in [0.2, 0.25) is 0 Å². The summed E-state index contributed by atoms with van der Waals surface area (Å²) in [4.78, 5) is 15.4. The molecule has 0 unspecified atom stereocenters. The van der Waals surface area contributed by atoms with Gasteiger partial charge in [0.05, 0.1) is 28.8 Å². The number of aromatic amines is 2. The summed E-state index contributed by atoms with van der Waals surface area (Å²) >= 11 is 1.77. The first kappa shape index (κ1) is 24.5. The maximum absolute atomic E-state index is 4.99. The molecular weight excluding hydrogens is 476 g/mol. The van der Waals surface area contributed by atoms with Crippen molar-refractivity contribution < 1.29 is 0 Å². The van der Waals surface area contributed by atoms with E-state index in [2.05, 4.69) is 90.6 Å². The Bertz CT molecular complexity index is 1650. The monoisotopic (exact) mass is 506 g/mol. The van der Waals surface area contributed by atoms with Crippen LogP contribution in [0.25, 0.3) is 39.3 Å². The first-order chi connectivity index (χ1) is 17.8. The van der Waals surface area contributed by atoms with Gasteiger partial charge >= 0.3 is 0 Å². The number of thiophene rings is 1. The van der Waals surface area contributed by atoms with Gasteiger partial charge < -0.3 is 10.3 Å².